The number of β-amino-alcohol motifs (C(OH)–C–C–N with tert-alkyl or cyclic N) is 1. The van der Waals surface area contributed by atoms with Gasteiger partial charge in [0.25, 0.3) is 0 Å². The van der Waals surface area contributed by atoms with Crippen LogP contribution in [0.25, 0.3) is 0 Å². The fraction of sp³-hybridized carbons (Fsp3) is 0.947. The van der Waals surface area contributed by atoms with Crippen LogP contribution in [0.15, 0.2) is 0 Å². The summed E-state index contributed by atoms with van der Waals surface area (Å²) in [6, 6.07) is 0. The van der Waals surface area contributed by atoms with E-state index in [-0.39, 0.29) is 42.7 Å². The van der Waals surface area contributed by atoms with Gasteiger partial charge in [-0.3, -0.25) is 9.48 Å². The Hall–Kier alpha value is 0.300. The topological polar surface area (TPSA) is 107 Å². The summed E-state index contributed by atoms with van der Waals surface area (Å²) in [7, 11) is -4.49. The molecule has 9 heteroatoms. The fourth-order valence-corrected chi connectivity index (χ4v) is 4.25. The van der Waals surface area contributed by atoms with Gasteiger partial charge in [-0.15, -0.1) is 0 Å². The Bertz CT molecular complexity index is 542. The van der Waals surface area contributed by atoms with Crippen LogP contribution < -0.4 is 34.7 Å². The third-order valence-corrected chi connectivity index (χ3v) is 5.84. The minimum absolute atomic E-state index is 0. The molecule has 0 aromatic heterocycles. The Morgan fingerprint density at radius 1 is 1.11 bits per heavy atom. The van der Waals surface area contributed by atoms with E-state index in [1.54, 1.807) is 0 Å². The summed E-state index contributed by atoms with van der Waals surface area (Å²) in [5, 5.41) is 21.2. The third-order valence-electron chi connectivity index (χ3n) is 5.06. The number of aliphatic hydroxyl groups excluding tert-OH is 1. The summed E-state index contributed by atoms with van der Waals surface area (Å²) in [5.74, 6) is 0.144. The summed E-state index contributed by atoms with van der Waals surface area (Å²) in [6.07, 6.45) is 10.5. The maximum Gasteiger partial charge on any atom is 1.00 e. The third kappa shape index (κ3) is 12.8. The molecule has 1 atom stereocenters. The van der Waals surface area contributed by atoms with Crippen molar-refractivity contribution in [1.82, 2.24) is 4.90 Å². The zero-order chi connectivity index (χ0) is 20.1. The molecule has 0 aliphatic carbocycles. The number of rotatable bonds is 16. The monoisotopic (exact) mass is 428 g/mol. The molecule has 0 bridgehead atoms. The largest absolute Gasteiger partial charge is 1.00 e. The van der Waals surface area contributed by atoms with Gasteiger partial charge in [0.2, 0.25) is 5.84 Å². The van der Waals surface area contributed by atoms with Crippen LogP contribution in [-0.2, 0) is 10.1 Å². The van der Waals surface area contributed by atoms with Gasteiger partial charge in [-0.05, 0) is 6.42 Å². The molecule has 160 valence electrons. The molecule has 0 amide bonds. The molecule has 28 heavy (non-hydrogen) atoms. The molecule has 0 saturated heterocycles. The molecule has 1 rings (SSSR count). The van der Waals surface area contributed by atoms with Crippen molar-refractivity contribution in [3.63, 3.8) is 0 Å². The number of nitrogens with zero attached hydrogens (tertiary/aromatic N) is 2. The molecular formula is C19H37N2NaO5S. The zero-order valence-electron chi connectivity index (χ0n) is 17.8. The van der Waals surface area contributed by atoms with Crippen molar-refractivity contribution in [3.8, 4) is 0 Å². The Morgan fingerprint density at radius 2 is 1.68 bits per heavy atom. The van der Waals surface area contributed by atoms with Crippen LogP contribution in [0.4, 0.5) is 0 Å². The van der Waals surface area contributed by atoms with Gasteiger partial charge in [-0.1, -0.05) is 64.4 Å². The fourth-order valence-electron chi connectivity index (χ4n) is 3.69. The predicted molar refractivity (Wildman–Crippen MR) is 104 cm³/mol. The van der Waals surface area contributed by atoms with E-state index < -0.39 is 22.0 Å². The molecule has 1 N–H and O–H groups in total. The van der Waals surface area contributed by atoms with E-state index in [0.29, 0.717) is 13.1 Å². The van der Waals surface area contributed by atoms with Crippen LogP contribution in [0.2, 0.25) is 0 Å². The van der Waals surface area contributed by atoms with Gasteiger partial charge in [0, 0.05) is 12.2 Å². The minimum atomic E-state index is -4.49. The van der Waals surface area contributed by atoms with Crippen LogP contribution in [0, 0.1) is 0 Å². The maximum atomic E-state index is 11.9. The van der Waals surface area contributed by atoms with Crippen LogP contribution in [0.3, 0.4) is 0 Å². The van der Waals surface area contributed by atoms with Gasteiger partial charge in [0.15, 0.2) is 0 Å². The number of hydrogen-bond donors (Lipinski definition) is 1. The van der Waals surface area contributed by atoms with Crippen molar-refractivity contribution >= 4 is 16.0 Å². The zero-order valence-corrected chi connectivity index (χ0v) is 20.6. The van der Waals surface area contributed by atoms with Crippen molar-refractivity contribution < 1.29 is 57.3 Å². The van der Waals surface area contributed by atoms with E-state index >= 15 is 0 Å². The standard InChI is InChI=1S/C19H38N2O5S.Na/c1-2-3-4-5-6-7-8-9-10-11-19-20(14-15-22)12-13-21(19)16-18(23)17-27(24,25)26;/h18,22H,2-17H2,1H3,(H,24,25,26);/q;+1/p-1/t18-;/m0./s1. The second kappa shape index (κ2) is 16.1. The molecule has 0 aromatic rings. The molecule has 0 radical (unpaired) electrons. The average molecular weight is 429 g/mol. The van der Waals surface area contributed by atoms with Crippen molar-refractivity contribution in [2.24, 2.45) is 0 Å². The van der Waals surface area contributed by atoms with E-state index in [9.17, 15) is 23.2 Å². The SMILES string of the molecule is CCCCCCCCCCCC1=[N+](C[C@H]([O-])CS(=O)(=O)[O-])CCN1CCO.[Na+]. The van der Waals surface area contributed by atoms with Crippen LogP contribution >= 0.6 is 0 Å². The first kappa shape index (κ1) is 28.3. The van der Waals surface area contributed by atoms with Gasteiger partial charge < -0.3 is 14.8 Å². The molecule has 7 nitrogen and oxygen atoms in total. The van der Waals surface area contributed by atoms with E-state index in [4.69, 9.17) is 0 Å². The Labute approximate surface area is 193 Å². The molecular weight excluding hydrogens is 391 g/mol. The molecule has 0 saturated carbocycles. The van der Waals surface area contributed by atoms with E-state index in [2.05, 4.69) is 11.8 Å². The van der Waals surface area contributed by atoms with E-state index in [1.165, 1.54) is 44.9 Å². The van der Waals surface area contributed by atoms with Crippen molar-refractivity contribution in [1.29, 1.82) is 0 Å². The van der Waals surface area contributed by atoms with E-state index in [0.717, 1.165) is 31.6 Å². The number of amidine groups is 1. The maximum absolute atomic E-state index is 11.9. The normalized spacial score (nSPS) is 15.8. The second-order valence-electron chi connectivity index (χ2n) is 7.50. The first-order chi connectivity index (χ1) is 12.9. The summed E-state index contributed by atoms with van der Waals surface area (Å²) < 4.78 is 34.3. The van der Waals surface area contributed by atoms with Crippen molar-refractivity contribution in [3.05, 3.63) is 0 Å². The van der Waals surface area contributed by atoms with Gasteiger partial charge in [0.1, 0.15) is 19.6 Å². The summed E-state index contributed by atoms with van der Waals surface area (Å²) in [6.45, 7) is 4.20. The summed E-state index contributed by atoms with van der Waals surface area (Å²) in [4.78, 5) is 2.07. The Balaban J connectivity index is 0.00000729. The number of aliphatic hydroxyl groups is 1. The second-order valence-corrected chi connectivity index (χ2v) is 8.95. The van der Waals surface area contributed by atoms with Crippen molar-refractivity contribution in [2.75, 3.05) is 38.5 Å². The molecule has 0 spiro atoms. The number of hydrogen-bond acceptors (Lipinski definition) is 6. The van der Waals surface area contributed by atoms with Crippen LogP contribution in [0.1, 0.15) is 71.1 Å². The summed E-state index contributed by atoms with van der Waals surface area (Å²) >= 11 is 0. The van der Waals surface area contributed by atoms with Gasteiger partial charge >= 0.3 is 29.6 Å². The smallest absolute Gasteiger partial charge is 0.848 e. The van der Waals surface area contributed by atoms with E-state index in [1.807, 2.05) is 4.58 Å². The Kier molecular flexibility index (Phi) is 16.2. The first-order valence-electron chi connectivity index (χ1n) is 10.4. The number of unbranched alkanes of at least 4 members (excludes halogenated alkanes) is 8. The average Bonchev–Trinajstić information content (AvgIpc) is 2.93. The minimum Gasteiger partial charge on any atom is -0.848 e. The summed E-state index contributed by atoms with van der Waals surface area (Å²) in [5.41, 5.74) is 0. The van der Waals surface area contributed by atoms with Gasteiger partial charge in [-0.2, -0.15) is 0 Å². The molecule has 0 fully saturated rings. The molecule has 1 aliphatic rings. The molecule has 1 aliphatic heterocycles. The quantitative estimate of drug-likeness (QED) is 0.131. The molecule has 0 aromatic carbocycles. The Morgan fingerprint density at radius 3 is 2.21 bits per heavy atom. The molecule has 1 heterocycles. The predicted octanol–water partition coefficient (Wildman–Crippen LogP) is -2.10. The van der Waals surface area contributed by atoms with Crippen molar-refractivity contribution in [2.45, 2.75) is 77.2 Å². The first-order valence-corrected chi connectivity index (χ1v) is 12.0. The van der Waals surface area contributed by atoms with Gasteiger partial charge in [0.05, 0.1) is 23.3 Å². The van der Waals surface area contributed by atoms with Gasteiger partial charge in [-0.25, -0.2) is 8.42 Å². The molecule has 0 unspecified atom stereocenters. The van der Waals surface area contributed by atoms with Crippen LogP contribution in [-0.4, -0.2) is 78.0 Å². The van der Waals surface area contributed by atoms with Crippen LogP contribution in [0.5, 0.6) is 0 Å².